The Morgan fingerprint density at radius 3 is 2.18 bits per heavy atom. The fraction of sp³-hybridized carbons (Fsp3) is 0.130. The van der Waals surface area contributed by atoms with Gasteiger partial charge in [0.05, 0.1) is 23.7 Å². The Morgan fingerprint density at radius 2 is 1.61 bits per heavy atom. The number of hydrogen-bond donors (Lipinski definition) is 0. The molecule has 0 saturated carbocycles. The van der Waals surface area contributed by atoms with E-state index < -0.39 is 0 Å². The zero-order valence-corrected chi connectivity index (χ0v) is 15.6. The molecule has 5 nitrogen and oxygen atoms in total. The molecule has 0 atom stereocenters. The summed E-state index contributed by atoms with van der Waals surface area (Å²) in [7, 11) is 0. The highest BCUT2D eigenvalue weighted by Crippen LogP contribution is 2.35. The van der Waals surface area contributed by atoms with Crippen molar-refractivity contribution in [1.82, 2.24) is 9.97 Å². The third kappa shape index (κ3) is 3.47. The molecule has 28 heavy (non-hydrogen) atoms. The fourth-order valence-corrected chi connectivity index (χ4v) is 3.09. The number of ether oxygens (including phenoxy) is 1. The molecule has 0 amide bonds. The Morgan fingerprint density at radius 1 is 1.00 bits per heavy atom. The van der Waals surface area contributed by atoms with E-state index in [4.69, 9.17) is 9.73 Å². The zero-order valence-electron chi connectivity index (χ0n) is 15.6. The van der Waals surface area contributed by atoms with Crippen molar-refractivity contribution in [2.24, 2.45) is 4.99 Å². The summed E-state index contributed by atoms with van der Waals surface area (Å²) in [4.78, 5) is 25.3. The first-order valence-electron chi connectivity index (χ1n) is 9.05. The molecule has 2 aromatic heterocycles. The van der Waals surface area contributed by atoms with Gasteiger partial charge in [0.2, 0.25) is 0 Å². The van der Waals surface area contributed by atoms with Crippen LogP contribution in [-0.4, -0.2) is 28.3 Å². The molecular weight excluding hydrogens is 350 g/mol. The molecule has 0 radical (unpaired) electrons. The summed E-state index contributed by atoms with van der Waals surface area (Å²) in [5.74, 6) is -0.360. The zero-order chi connectivity index (χ0) is 19.5. The van der Waals surface area contributed by atoms with Crippen molar-refractivity contribution in [3.63, 3.8) is 0 Å². The molecule has 0 N–H and O–H groups in total. The summed E-state index contributed by atoms with van der Waals surface area (Å²) in [6.07, 6.45) is 4.19. The van der Waals surface area contributed by atoms with E-state index >= 15 is 0 Å². The molecule has 0 bridgehead atoms. The summed E-state index contributed by atoms with van der Waals surface area (Å²) in [6.45, 7) is 5.54. The van der Waals surface area contributed by atoms with Gasteiger partial charge in [0.1, 0.15) is 5.71 Å². The monoisotopic (exact) mass is 369 g/mol. The summed E-state index contributed by atoms with van der Waals surface area (Å²) in [6, 6.07) is 15.8. The van der Waals surface area contributed by atoms with E-state index in [1.54, 1.807) is 19.3 Å². The van der Waals surface area contributed by atoms with Crippen LogP contribution in [0.25, 0.3) is 11.1 Å². The van der Waals surface area contributed by atoms with Gasteiger partial charge in [-0.3, -0.25) is 9.97 Å². The molecule has 0 aliphatic heterocycles. The van der Waals surface area contributed by atoms with Gasteiger partial charge in [0, 0.05) is 35.5 Å². The Labute approximate surface area is 163 Å². The fourth-order valence-electron chi connectivity index (χ4n) is 3.09. The lowest BCUT2D eigenvalue weighted by Crippen LogP contribution is -2.07. The lowest BCUT2D eigenvalue weighted by Gasteiger charge is -2.05. The lowest BCUT2D eigenvalue weighted by molar-refractivity contribution is -0.138. The number of pyridine rings is 2. The SMILES string of the molecule is C=C(C)C(=O)OCCc1ccc(N=C2c3ncccc3-c3cccnc32)cc1. The van der Waals surface area contributed by atoms with Crippen LogP contribution in [0.4, 0.5) is 5.69 Å². The number of aliphatic imine (C=N–C) groups is 1. The predicted octanol–water partition coefficient (Wildman–Crippen LogP) is 4.29. The van der Waals surface area contributed by atoms with Gasteiger partial charge in [-0.05, 0) is 36.8 Å². The van der Waals surface area contributed by atoms with Gasteiger partial charge < -0.3 is 4.74 Å². The average Bonchev–Trinajstić information content (AvgIpc) is 3.03. The highest BCUT2D eigenvalue weighted by Gasteiger charge is 2.26. The van der Waals surface area contributed by atoms with Gasteiger partial charge in [-0.25, -0.2) is 9.79 Å². The van der Waals surface area contributed by atoms with Crippen molar-refractivity contribution >= 4 is 17.4 Å². The van der Waals surface area contributed by atoms with E-state index in [2.05, 4.69) is 16.5 Å². The number of benzene rings is 1. The highest BCUT2D eigenvalue weighted by molar-refractivity contribution is 6.22. The molecule has 1 aliphatic rings. The normalized spacial score (nSPS) is 11.5. The molecule has 0 fully saturated rings. The molecule has 4 rings (SSSR count). The second-order valence-electron chi connectivity index (χ2n) is 6.59. The van der Waals surface area contributed by atoms with E-state index in [1.165, 1.54) is 0 Å². The van der Waals surface area contributed by atoms with Crippen LogP contribution in [0.15, 0.2) is 78.1 Å². The van der Waals surface area contributed by atoms with Crippen LogP contribution in [0.5, 0.6) is 0 Å². The predicted molar refractivity (Wildman–Crippen MR) is 109 cm³/mol. The van der Waals surface area contributed by atoms with Crippen molar-refractivity contribution in [3.8, 4) is 11.1 Å². The standard InChI is InChI=1S/C23H19N3O2/c1-15(2)23(27)28-14-11-16-7-9-17(10-8-16)26-22-20-18(5-3-12-24-20)19-6-4-13-25-21(19)22/h3-10,12-13H,1,11,14H2,2H3. The minimum absolute atomic E-state index is 0.328. The lowest BCUT2D eigenvalue weighted by atomic mass is 10.1. The van der Waals surface area contributed by atoms with Crippen LogP contribution in [0.3, 0.4) is 0 Å². The summed E-state index contributed by atoms with van der Waals surface area (Å²) in [5, 5.41) is 0. The number of fused-ring (bicyclic) bond motifs is 3. The number of aromatic nitrogens is 2. The molecule has 1 aromatic carbocycles. The molecule has 5 heteroatoms. The van der Waals surface area contributed by atoms with Gasteiger partial charge in [0.15, 0.2) is 0 Å². The van der Waals surface area contributed by atoms with E-state index in [-0.39, 0.29) is 5.97 Å². The van der Waals surface area contributed by atoms with Crippen LogP contribution in [0, 0.1) is 0 Å². The molecular formula is C23H19N3O2. The van der Waals surface area contributed by atoms with Crippen LogP contribution < -0.4 is 0 Å². The number of rotatable bonds is 5. The maximum Gasteiger partial charge on any atom is 0.333 e. The molecule has 3 aromatic rings. The van der Waals surface area contributed by atoms with E-state index in [0.717, 1.165) is 39.5 Å². The number of carbonyl (C=O) groups excluding carboxylic acids is 1. The van der Waals surface area contributed by atoms with Gasteiger partial charge in [-0.15, -0.1) is 0 Å². The van der Waals surface area contributed by atoms with E-state index in [9.17, 15) is 4.79 Å². The van der Waals surface area contributed by atoms with Crippen LogP contribution >= 0.6 is 0 Å². The smallest absolute Gasteiger partial charge is 0.333 e. The molecule has 0 saturated heterocycles. The quantitative estimate of drug-likeness (QED) is 0.389. The number of nitrogens with zero attached hydrogens (tertiary/aromatic N) is 3. The topological polar surface area (TPSA) is 64.4 Å². The van der Waals surface area contributed by atoms with Crippen molar-refractivity contribution in [2.45, 2.75) is 13.3 Å². The van der Waals surface area contributed by atoms with Crippen molar-refractivity contribution in [2.75, 3.05) is 6.61 Å². The van der Waals surface area contributed by atoms with Gasteiger partial charge in [-0.1, -0.05) is 30.8 Å². The minimum atomic E-state index is -0.360. The number of esters is 1. The largest absolute Gasteiger partial charge is 0.462 e. The number of hydrogen-bond acceptors (Lipinski definition) is 5. The second kappa shape index (κ2) is 7.56. The number of carbonyl (C=O) groups is 1. The molecule has 138 valence electrons. The third-order valence-corrected chi connectivity index (χ3v) is 4.50. The maximum atomic E-state index is 11.4. The Hall–Kier alpha value is -3.60. The second-order valence-corrected chi connectivity index (χ2v) is 6.59. The maximum absolute atomic E-state index is 11.4. The van der Waals surface area contributed by atoms with Crippen molar-refractivity contribution in [3.05, 3.63) is 90.0 Å². The average molecular weight is 369 g/mol. The summed E-state index contributed by atoms with van der Waals surface area (Å²) < 4.78 is 5.14. The first-order valence-corrected chi connectivity index (χ1v) is 9.05. The molecule has 0 unspecified atom stereocenters. The summed E-state index contributed by atoms with van der Waals surface area (Å²) in [5.41, 5.74) is 6.91. The summed E-state index contributed by atoms with van der Waals surface area (Å²) >= 11 is 0. The molecule has 0 spiro atoms. The van der Waals surface area contributed by atoms with Crippen LogP contribution in [0.2, 0.25) is 0 Å². The van der Waals surface area contributed by atoms with Crippen molar-refractivity contribution < 1.29 is 9.53 Å². The van der Waals surface area contributed by atoms with Gasteiger partial charge in [0.25, 0.3) is 0 Å². The Bertz CT molecular complexity index is 1040. The van der Waals surface area contributed by atoms with Gasteiger partial charge in [-0.2, -0.15) is 0 Å². The van der Waals surface area contributed by atoms with E-state index in [0.29, 0.717) is 18.6 Å². The molecule has 2 heterocycles. The molecule has 1 aliphatic carbocycles. The van der Waals surface area contributed by atoms with Crippen LogP contribution in [-0.2, 0) is 16.0 Å². The first-order chi connectivity index (χ1) is 13.6. The highest BCUT2D eigenvalue weighted by atomic mass is 16.5. The first kappa shape index (κ1) is 17.8. The van der Waals surface area contributed by atoms with Crippen molar-refractivity contribution in [1.29, 1.82) is 0 Å². The Balaban J connectivity index is 1.55. The van der Waals surface area contributed by atoms with E-state index in [1.807, 2.05) is 48.5 Å². The third-order valence-electron chi connectivity index (χ3n) is 4.50. The Kier molecular flexibility index (Phi) is 4.81. The minimum Gasteiger partial charge on any atom is -0.462 e. The van der Waals surface area contributed by atoms with Gasteiger partial charge >= 0.3 is 5.97 Å². The van der Waals surface area contributed by atoms with Crippen LogP contribution in [0.1, 0.15) is 23.9 Å².